The molecular weight excluding hydrogens is 471 g/mol. The van der Waals surface area contributed by atoms with Gasteiger partial charge >= 0.3 is 0 Å². The van der Waals surface area contributed by atoms with Gasteiger partial charge in [0.15, 0.2) is 5.96 Å². The Morgan fingerprint density at radius 2 is 1.96 bits per heavy atom. The Kier molecular flexibility index (Phi) is 8.23. The van der Waals surface area contributed by atoms with Gasteiger partial charge in [0.05, 0.1) is 29.5 Å². The van der Waals surface area contributed by atoms with Crippen molar-refractivity contribution in [2.45, 2.75) is 33.9 Å². The van der Waals surface area contributed by atoms with E-state index in [2.05, 4.69) is 56.9 Å². The van der Waals surface area contributed by atoms with E-state index >= 15 is 0 Å². The molecule has 0 radical (unpaired) electrons. The lowest BCUT2D eigenvalue weighted by molar-refractivity contribution is 0.818. The summed E-state index contributed by atoms with van der Waals surface area (Å²) in [5, 5.41) is 12.0. The van der Waals surface area contributed by atoms with Crippen LogP contribution in [0.4, 0.5) is 0 Å². The maximum Gasteiger partial charge on any atom is 0.191 e. The second-order valence-electron chi connectivity index (χ2n) is 5.91. The Morgan fingerprint density at radius 3 is 2.56 bits per heavy atom. The van der Waals surface area contributed by atoms with E-state index in [1.165, 1.54) is 4.88 Å². The highest BCUT2D eigenvalue weighted by Gasteiger charge is 2.06. The van der Waals surface area contributed by atoms with Gasteiger partial charge in [-0.2, -0.15) is 5.10 Å². The number of nitrogens with zero attached hydrogens (tertiary/aromatic N) is 4. The number of guanidine groups is 1. The summed E-state index contributed by atoms with van der Waals surface area (Å²) >= 11 is 1.72. The van der Waals surface area contributed by atoms with Gasteiger partial charge < -0.3 is 10.6 Å². The van der Waals surface area contributed by atoms with Crippen molar-refractivity contribution in [3.63, 3.8) is 0 Å². The van der Waals surface area contributed by atoms with Crippen molar-refractivity contribution in [1.82, 2.24) is 25.4 Å². The minimum atomic E-state index is 0. The Bertz CT molecular complexity index is 855. The first kappa shape index (κ1) is 21.4. The molecule has 27 heavy (non-hydrogen) atoms. The minimum Gasteiger partial charge on any atom is -0.357 e. The Labute approximate surface area is 181 Å². The molecule has 0 spiro atoms. The molecule has 0 amide bonds. The van der Waals surface area contributed by atoms with E-state index in [1.54, 1.807) is 17.5 Å². The highest BCUT2D eigenvalue weighted by Crippen LogP contribution is 2.16. The number of aryl methyl sites for hydroxylation is 2. The molecule has 0 saturated carbocycles. The van der Waals surface area contributed by atoms with Crippen LogP contribution in [-0.2, 0) is 13.1 Å². The fraction of sp³-hybridized carbons (Fsp3) is 0.316. The van der Waals surface area contributed by atoms with Gasteiger partial charge in [-0.05, 0) is 44.5 Å². The first-order chi connectivity index (χ1) is 12.7. The molecule has 0 saturated heterocycles. The highest BCUT2D eigenvalue weighted by atomic mass is 127. The maximum absolute atomic E-state index is 4.68. The third-order valence-corrected chi connectivity index (χ3v) is 4.96. The number of hydrogen-bond acceptors (Lipinski definition) is 4. The Hall–Kier alpha value is -1.94. The molecule has 0 aliphatic carbocycles. The van der Waals surface area contributed by atoms with E-state index in [0.717, 1.165) is 41.0 Å². The van der Waals surface area contributed by atoms with E-state index in [1.807, 2.05) is 30.8 Å². The lowest BCUT2D eigenvalue weighted by Crippen LogP contribution is -2.36. The summed E-state index contributed by atoms with van der Waals surface area (Å²) in [6.45, 7) is 8.33. The molecule has 2 aromatic heterocycles. The number of thiazole rings is 1. The molecule has 0 unspecified atom stereocenters. The zero-order valence-electron chi connectivity index (χ0n) is 15.8. The number of benzene rings is 1. The summed E-state index contributed by atoms with van der Waals surface area (Å²) in [5.74, 6) is 0.814. The second kappa shape index (κ2) is 10.4. The zero-order valence-corrected chi connectivity index (χ0v) is 18.9. The quantitative estimate of drug-likeness (QED) is 0.310. The third-order valence-electron chi connectivity index (χ3n) is 3.89. The first-order valence-corrected chi connectivity index (χ1v) is 9.51. The number of nitrogens with one attached hydrogen (secondary N) is 2. The van der Waals surface area contributed by atoms with Crippen molar-refractivity contribution in [2.75, 3.05) is 6.54 Å². The predicted molar refractivity (Wildman–Crippen MR) is 122 cm³/mol. The predicted octanol–water partition coefficient (Wildman–Crippen LogP) is 3.82. The monoisotopic (exact) mass is 496 g/mol. The summed E-state index contributed by atoms with van der Waals surface area (Å²) < 4.78 is 1.85. The maximum atomic E-state index is 4.68. The molecule has 2 heterocycles. The van der Waals surface area contributed by atoms with Crippen LogP contribution in [0, 0.1) is 13.8 Å². The number of aliphatic imine (C=N–C) groups is 1. The van der Waals surface area contributed by atoms with Crippen LogP contribution in [0.25, 0.3) is 5.69 Å². The standard InChI is InChI=1S/C19H24N6S.HI/c1-4-20-19(22-13-18-14(2)24-15(3)26-18)21-12-16-6-8-17(9-7-16)25-11-5-10-23-25;/h5-11H,4,12-13H2,1-3H3,(H2,20,21,22);1H. The van der Waals surface area contributed by atoms with Crippen LogP contribution >= 0.6 is 35.3 Å². The first-order valence-electron chi connectivity index (χ1n) is 8.69. The van der Waals surface area contributed by atoms with Crippen molar-refractivity contribution >= 4 is 41.3 Å². The van der Waals surface area contributed by atoms with Crippen LogP contribution in [0.5, 0.6) is 0 Å². The van der Waals surface area contributed by atoms with Crippen molar-refractivity contribution in [2.24, 2.45) is 4.99 Å². The Balaban J connectivity index is 0.00000261. The number of halogens is 1. The van der Waals surface area contributed by atoms with E-state index in [4.69, 9.17) is 0 Å². The molecule has 0 bridgehead atoms. The number of aromatic nitrogens is 3. The van der Waals surface area contributed by atoms with Crippen LogP contribution in [0.2, 0.25) is 0 Å². The molecule has 3 rings (SSSR count). The summed E-state index contributed by atoms with van der Waals surface area (Å²) in [5.41, 5.74) is 3.29. The number of hydrogen-bond donors (Lipinski definition) is 2. The second-order valence-corrected chi connectivity index (χ2v) is 7.20. The van der Waals surface area contributed by atoms with Gasteiger partial charge in [0.25, 0.3) is 0 Å². The molecule has 144 valence electrons. The van der Waals surface area contributed by atoms with Crippen molar-refractivity contribution in [1.29, 1.82) is 0 Å². The van der Waals surface area contributed by atoms with Crippen molar-refractivity contribution < 1.29 is 0 Å². The molecule has 2 N–H and O–H groups in total. The molecule has 0 aliphatic rings. The van der Waals surface area contributed by atoms with E-state index in [9.17, 15) is 0 Å². The van der Waals surface area contributed by atoms with Crippen molar-refractivity contribution in [3.05, 3.63) is 63.9 Å². The van der Waals surface area contributed by atoms with Crippen LogP contribution in [0.1, 0.15) is 28.1 Å². The molecule has 3 aromatic rings. The van der Waals surface area contributed by atoms with Gasteiger partial charge in [-0.1, -0.05) is 12.1 Å². The third kappa shape index (κ3) is 6.03. The van der Waals surface area contributed by atoms with Gasteiger partial charge in [-0.15, -0.1) is 35.3 Å². The van der Waals surface area contributed by atoms with Crippen molar-refractivity contribution in [3.8, 4) is 5.69 Å². The SMILES string of the molecule is CCNC(=NCc1ccc(-n2cccn2)cc1)NCc1sc(C)nc1C.I. The number of rotatable bonds is 6. The van der Waals surface area contributed by atoms with Crippen LogP contribution < -0.4 is 10.6 Å². The largest absolute Gasteiger partial charge is 0.357 e. The highest BCUT2D eigenvalue weighted by molar-refractivity contribution is 14.0. The summed E-state index contributed by atoms with van der Waals surface area (Å²) in [4.78, 5) is 10.4. The van der Waals surface area contributed by atoms with Gasteiger partial charge in [-0.25, -0.2) is 14.7 Å². The minimum absolute atomic E-state index is 0. The van der Waals surface area contributed by atoms with E-state index in [-0.39, 0.29) is 24.0 Å². The molecule has 6 nitrogen and oxygen atoms in total. The summed E-state index contributed by atoms with van der Waals surface area (Å²) in [7, 11) is 0. The van der Waals surface area contributed by atoms with E-state index in [0.29, 0.717) is 6.54 Å². The molecule has 0 aliphatic heterocycles. The van der Waals surface area contributed by atoms with Gasteiger partial charge in [0, 0.05) is 23.8 Å². The van der Waals surface area contributed by atoms with Crippen LogP contribution in [-0.4, -0.2) is 27.3 Å². The topological polar surface area (TPSA) is 67.1 Å². The van der Waals surface area contributed by atoms with E-state index < -0.39 is 0 Å². The lowest BCUT2D eigenvalue weighted by atomic mass is 10.2. The fourth-order valence-corrected chi connectivity index (χ4v) is 3.47. The normalized spacial score (nSPS) is 11.1. The van der Waals surface area contributed by atoms with Crippen LogP contribution in [0.15, 0.2) is 47.7 Å². The molecule has 0 fully saturated rings. The average molecular weight is 496 g/mol. The lowest BCUT2D eigenvalue weighted by Gasteiger charge is -2.11. The van der Waals surface area contributed by atoms with Gasteiger partial charge in [0.2, 0.25) is 0 Å². The Morgan fingerprint density at radius 1 is 1.19 bits per heavy atom. The van der Waals surface area contributed by atoms with Gasteiger partial charge in [0.1, 0.15) is 0 Å². The fourth-order valence-electron chi connectivity index (χ4n) is 2.59. The average Bonchev–Trinajstić information content (AvgIpc) is 3.27. The summed E-state index contributed by atoms with van der Waals surface area (Å²) in [6, 6.07) is 10.2. The molecule has 1 aromatic carbocycles. The zero-order chi connectivity index (χ0) is 18.4. The van der Waals surface area contributed by atoms with Gasteiger partial charge in [-0.3, -0.25) is 0 Å². The van der Waals surface area contributed by atoms with Crippen LogP contribution in [0.3, 0.4) is 0 Å². The molecule has 8 heteroatoms. The smallest absolute Gasteiger partial charge is 0.191 e. The molecule has 0 atom stereocenters. The summed E-state index contributed by atoms with van der Waals surface area (Å²) in [6.07, 6.45) is 3.71. The molecular formula is C19H25IN6S.